The molecule has 0 aliphatic carbocycles. The van der Waals surface area contributed by atoms with E-state index in [-0.39, 0.29) is 22.0 Å². The highest BCUT2D eigenvalue weighted by Gasteiger charge is 2.63. The fraction of sp³-hybridized carbons (Fsp3) is 0.348. The molecule has 0 radical (unpaired) electrons. The Bertz CT molecular complexity index is 2460. The van der Waals surface area contributed by atoms with Crippen molar-refractivity contribution in [3.05, 3.63) is 142 Å². The van der Waals surface area contributed by atoms with E-state index in [1.165, 1.54) is 49.4 Å². The number of benzene rings is 4. The molecule has 318 valence electrons. The summed E-state index contributed by atoms with van der Waals surface area (Å²) in [5.74, 6) is 0. The van der Waals surface area contributed by atoms with Gasteiger partial charge in [-0.15, -0.1) is 0 Å². The molecule has 0 saturated carbocycles. The van der Waals surface area contributed by atoms with E-state index in [4.69, 9.17) is 23.2 Å². The highest BCUT2D eigenvalue weighted by molar-refractivity contribution is 6.30. The molecule has 2 heterocycles. The topological polar surface area (TPSA) is 90.3 Å². The summed E-state index contributed by atoms with van der Waals surface area (Å²) in [6.45, 7) is 6.93. The van der Waals surface area contributed by atoms with Crippen LogP contribution in [0, 0.1) is 13.8 Å². The summed E-state index contributed by atoms with van der Waals surface area (Å²) in [7, 11) is 0. The van der Waals surface area contributed by atoms with Gasteiger partial charge >= 0.3 is 12.4 Å². The number of fused-ring (bicyclic) bond motifs is 2. The molecule has 0 bridgehead atoms. The molecular weight excluding hydrogens is 825 g/mol. The van der Waals surface area contributed by atoms with E-state index in [1.54, 1.807) is 94.4 Å². The van der Waals surface area contributed by atoms with Gasteiger partial charge in [0.25, 0.3) is 0 Å². The van der Waals surface area contributed by atoms with Crippen molar-refractivity contribution in [1.82, 2.24) is 9.97 Å². The number of halogens is 8. The number of aromatic nitrogens is 2. The first-order valence-corrected chi connectivity index (χ1v) is 20.0. The van der Waals surface area contributed by atoms with Crippen LogP contribution in [0.25, 0.3) is 21.8 Å². The molecule has 4 aromatic carbocycles. The number of hydrogen-bond donors (Lipinski definition) is 4. The molecule has 0 aliphatic heterocycles. The molecule has 6 rings (SSSR count). The molecule has 4 unspecified atom stereocenters. The van der Waals surface area contributed by atoms with Gasteiger partial charge in [0.1, 0.15) is 0 Å². The van der Waals surface area contributed by atoms with Gasteiger partial charge in [0.2, 0.25) is 0 Å². The molecule has 6 nitrogen and oxygen atoms in total. The Labute approximate surface area is 355 Å². The molecule has 6 aromatic rings. The van der Waals surface area contributed by atoms with Gasteiger partial charge in [0, 0.05) is 43.6 Å². The maximum atomic E-state index is 16.0. The minimum Gasteiger partial charge on any atom is -0.381 e. The van der Waals surface area contributed by atoms with Crippen LogP contribution in [0.5, 0.6) is 0 Å². The smallest absolute Gasteiger partial charge is 0.381 e. The van der Waals surface area contributed by atoms with Gasteiger partial charge < -0.3 is 20.8 Å². The molecule has 60 heavy (non-hydrogen) atoms. The normalized spacial score (nSPS) is 16.2. The lowest BCUT2D eigenvalue weighted by molar-refractivity contribution is -0.276. The standard InChI is InChI=1S/C46H46Cl2F6N4O2/c1-28-12-22-34-36(8-6-9-37(34)56-28)55-27-43(59,45(49,50)51)26-42(5,31-16-20-33(48)21-17-31)24-40(58-39-11-7-10-38-35(39)23-13-29(2)57-38)44(60,46(52,53)54)25-41(3,4)30-14-18-32(47)19-15-30/h6-23,40,55,58-60H,24-27H2,1-5H3. The maximum absolute atomic E-state index is 16.0. The first kappa shape index (κ1) is 44.9. The van der Waals surface area contributed by atoms with Crippen LogP contribution in [0.1, 0.15) is 62.5 Å². The molecule has 0 spiro atoms. The number of hydrogen-bond acceptors (Lipinski definition) is 6. The summed E-state index contributed by atoms with van der Waals surface area (Å²) < 4.78 is 94.3. The van der Waals surface area contributed by atoms with Gasteiger partial charge in [0.15, 0.2) is 11.2 Å². The maximum Gasteiger partial charge on any atom is 0.419 e. The number of alkyl halides is 6. The van der Waals surface area contributed by atoms with Gasteiger partial charge in [-0.05, 0) is 128 Å². The van der Waals surface area contributed by atoms with Gasteiger partial charge in [-0.2, -0.15) is 26.3 Å². The van der Waals surface area contributed by atoms with Gasteiger partial charge in [-0.3, -0.25) is 9.97 Å². The highest BCUT2D eigenvalue weighted by atomic mass is 35.5. The lowest BCUT2D eigenvalue weighted by atomic mass is 9.65. The lowest BCUT2D eigenvalue weighted by Gasteiger charge is -2.48. The molecule has 0 fully saturated rings. The van der Waals surface area contributed by atoms with Crippen molar-refractivity contribution in [1.29, 1.82) is 0 Å². The molecule has 0 aliphatic rings. The summed E-state index contributed by atoms with van der Waals surface area (Å²) >= 11 is 12.4. The number of nitrogens with zero attached hydrogens (tertiary/aromatic N) is 2. The van der Waals surface area contributed by atoms with Crippen molar-refractivity contribution in [3.8, 4) is 0 Å². The summed E-state index contributed by atoms with van der Waals surface area (Å²) in [5, 5.41) is 31.7. The minimum absolute atomic E-state index is 0.155. The average molecular weight is 872 g/mol. The quantitative estimate of drug-likeness (QED) is 0.0815. The second-order valence-electron chi connectivity index (χ2n) is 16.7. The van der Waals surface area contributed by atoms with E-state index >= 15 is 26.3 Å². The third kappa shape index (κ3) is 9.47. The first-order chi connectivity index (χ1) is 27.9. The molecule has 0 amide bonds. The molecule has 4 atom stereocenters. The fourth-order valence-electron chi connectivity index (χ4n) is 8.16. The van der Waals surface area contributed by atoms with Crippen molar-refractivity contribution in [2.24, 2.45) is 0 Å². The van der Waals surface area contributed by atoms with Crippen LogP contribution in [0.4, 0.5) is 37.7 Å². The molecule has 2 aromatic heterocycles. The van der Waals surface area contributed by atoms with Crippen molar-refractivity contribution >= 4 is 56.4 Å². The number of aliphatic hydroxyl groups is 2. The van der Waals surface area contributed by atoms with E-state index in [2.05, 4.69) is 20.6 Å². The zero-order valence-corrected chi connectivity index (χ0v) is 35.1. The van der Waals surface area contributed by atoms with E-state index in [9.17, 15) is 10.2 Å². The van der Waals surface area contributed by atoms with Crippen LogP contribution in [-0.2, 0) is 10.8 Å². The number of pyridine rings is 2. The fourth-order valence-corrected chi connectivity index (χ4v) is 8.42. The van der Waals surface area contributed by atoms with E-state index in [0.717, 1.165) is 0 Å². The van der Waals surface area contributed by atoms with E-state index < -0.39 is 66.2 Å². The number of rotatable bonds is 14. The van der Waals surface area contributed by atoms with E-state index in [0.29, 0.717) is 43.8 Å². The van der Waals surface area contributed by atoms with Gasteiger partial charge in [-0.25, -0.2) is 0 Å². The summed E-state index contributed by atoms with van der Waals surface area (Å²) in [6, 6.07) is 26.3. The minimum atomic E-state index is -5.34. The molecule has 4 N–H and O–H groups in total. The summed E-state index contributed by atoms with van der Waals surface area (Å²) in [5.41, 5.74) is -7.04. The van der Waals surface area contributed by atoms with Crippen LogP contribution in [0.2, 0.25) is 10.0 Å². The Morgan fingerprint density at radius 2 is 1.08 bits per heavy atom. The van der Waals surface area contributed by atoms with Crippen molar-refractivity contribution in [2.75, 3.05) is 17.2 Å². The second-order valence-corrected chi connectivity index (χ2v) is 17.5. The number of aryl methyl sites for hydroxylation is 2. The molecular formula is C46H46Cl2F6N4O2. The van der Waals surface area contributed by atoms with Crippen molar-refractivity contribution in [2.45, 2.75) is 94.3 Å². The van der Waals surface area contributed by atoms with Gasteiger partial charge in [-0.1, -0.05) is 80.4 Å². The predicted octanol–water partition coefficient (Wildman–Crippen LogP) is 12.3. The van der Waals surface area contributed by atoms with E-state index in [1.807, 2.05) is 0 Å². The monoisotopic (exact) mass is 870 g/mol. The predicted molar refractivity (Wildman–Crippen MR) is 228 cm³/mol. The number of nitrogens with one attached hydrogen (secondary N) is 2. The zero-order valence-electron chi connectivity index (χ0n) is 33.6. The van der Waals surface area contributed by atoms with Crippen LogP contribution < -0.4 is 10.6 Å². The SMILES string of the molecule is Cc1ccc2c(NCC(O)(CC(C)(CC(Nc3cccc4nc(C)ccc34)C(O)(CC(C)(C)c3ccc(Cl)cc3)C(F)(F)F)c3ccc(Cl)cc3)C(F)(F)F)cccc2n1. The Hall–Kier alpha value is -4.62. The highest BCUT2D eigenvalue weighted by Crippen LogP contribution is 2.50. The van der Waals surface area contributed by atoms with Crippen LogP contribution >= 0.6 is 23.2 Å². The Kier molecular flexibility index (Phi) is 12.5. The molecule has 14 heteroatoms. The average Bonchev–Trinajstić information content (AvgIpc) is 3.16. The van der Waals surface area contributed by atoms with Crippen LogP contribution in [0.15, 0.2) is 109 Å². The third-order valence-corrected chi connectivity index (χ3v) is 12.0. The summed E-state index contributed by atoms with van der Waals surface area (Å²) in [4.78, 5) is 8.97. The van der Waals surface area contributed by atoms with Crippen molar-refractivity contribution in [3.63, 3.8) is 0 Å². The third-order valence-electron chi connectivity index (χ3n) is 11.5. The zero-order chi connectivity index (χ0) is 43.9. The Morgan fingerprint density at radius 3 is 1.58 bits per heavy atom. The number of anilines is 2. The Morgan fingerprint density at radius 1 is 0.600 bits per heavy atom. The lowest BCUT2D eigenvalue weighted by Crippen LogP contribution is -2.62. The van der Waals surface area contributed by atoms with Gasteiger partial charge in [0.05, 0.1) is 23.6 Å². The van der Waals surface area contributed by atoms with Crippen molar-refractivity contribution < 1.29 is 36.6 Å². The largest absolute Gasteiger partial charge is 0.419 e. The van der Waals surface area contributed by atoms with Crippen LogP contribution in [-0.4, -0.2) is 56.3 Å². The Balaban J connectivity index is 1.51. The molecule has 0 saturated heterocycles. The second kappa shape index (κ2) is 16.7. The summed E-state index contributed by atoms with van der Waals surface area (Å²) in [6.07, 6.45) is -13.4. The van der Waals surface area contributed by atoms with Crippen LogP contribution in [0.3, 0.4) is 0 Å². The first-order valence-electron chi connectivity index (χ1n) is 19.3.